The second-order valence-electron chi connectivity index (χ2n) is 8.87. The number of anilines is 2. The van der Waals surface area contributed by atoms with Crippen LogP contribution >= 0.6 is 0 Å². The molecule has 2 atom stereocenters. The zero-order valence-electron chi connectivity index (χ0n) is 17.9. The van der Waals surface area contributed by atoms with Crippen LogP contribution in [0.25, 0.3) is 0 Å². The summed E-state index contributed by atoms with van der Waals surface area (Å²) in [7, 11) is 0. The minimum absolute atomic E-state index is 0.148. The van der Waals surface area contributed by atoms with E-state index >= 15 is 0 Å². The Morgan fingerprint density at radius 3 is 2.26 bits per heavy atom. The van der Waals surface area contributed by atoms with Gasteiger partial charge < -0.3 is 14.7 Å². The minimum atomic E-state index is -0.193. The third-order valence-electron chi connectivity index (χ3n) is 7.12. The Labute approximate surface area is 183 Å². The van der Waals surface area contributed by atoms with Crippen LogP contribution in [-0.2, 0) is 16.0 Å². The van der Waals surface area contributed by atoms with Gasteiger partial charge >= 0.3 is 0 Å². The van der Waals surface area contributed by atoms with Gasteiger partial charge in [-0.15, -0.1) is 0 Å². The van der Waals surface area contributed by atoms with Gasteiger partial charge in [0, 0.05) is 50.5 Å². The van der Waals surface area contributed by atoms with Gasteiger partial charge in [-0.25, -0.2) is 4.98 Å². The van der Waals surface area contributed by atoms with Gasteiger partial charge in [0.2, 0.25) is 11.8 Å². The first-order valence-corrected chi connectivity index (χ1v) is 11.6. The number of hydrogen-bond donors (Lipinski definition) is 0. The Morgan fingerprint density at radius 2 is 1.52 bits per heavy atom. The second kappa shape index (κ2) is 8.69. The van der Waals surface area contributed by atoms with Crippen LogP contribution in [0.15, 0.2) is 48.7 Å². The molecule has 2 amide bonds. The van der Waals surface area contributed by atoms with Gasteiger partial charge in [0.25, 0.3) is 0 Å². The van der Waals surface area contributed by atoms with Crippen LogP contribution in [0.5, 0.6) is 0 Å². The van der Waals surface area contributed by atoms with Crippen molar-refractivity contribution in [1.29, 1.82) is 0 Å². The van der Waals surface area contributed by atoms with E-state index in [-0.39, 0.29) is 23.7 Å². The summed E-state index contributed by atoms with van der Waals surface area (Å²) in [5.41, 5.74) is 2.27. The Balaban J connectivity index is 1.27. The number of para-hydroxylation sites is 1. The summed E-state index contributed by atoms with van der Waals surface area (Å²) >= 11 is 0. The molecule has 2 aromatic rings. The summed E-state index contributed by atoms with van der Waals surface area (Å²) < 4.78 is 0. The molecule has 2 aliphatic heterocycles. The standard InChI is InChI=1S/C25H30N4O2/c30-24(28-17-15-27(16-18-28)23-11-5-6-13-26-23)20-8-2-3-9-21(20)25(31)29-14-12-19-7-1-4-10-22(19)29/h1,4-7,10-11,13,20-21H,2-3,8-9,12,14-18H2. The highest BCUT2D eigenvalue weighted by Gasteiger charge is 2.41. The molecule has 1 aromatic heterocycles. The molecule has 31 heavy (non-hydrogen) atoms. The number of piperazine rings is 1. The number of amides is 2. The third kappa shape index (κ3) is 3.91. The molecule has 6 nitrogen and oxygen atoms in total. The van der Waals surface area contributed by atoms with Gasteiger partial charge in [-0.1, -0.05) is 37.1 Å². The molecule has 0 spiro atoms. The fourth-order valence-electron chi connectivity index (χ4n) is 5.42. The van der Waals surface area contributed by atoms with Crippen LogP contribution in [0.1, 0.15) is 31.2 Å². The first kappa shape index (κ1) is 20.0. The van der Waals surface area contributed by atoms with E-state index in [1.165, 1.54) is 5.56 Å². The van der Waals surface area contributed by atoms with E-state index in [2.05, 4.69) is 16.0 Å². The zero-order valence-corrected chi connectivity index (χ0v) is 17.9. The first-order valence-electron chi connectivity index (χ1n) is 11.6. The van der Waals surface area contributed by atoms with E-state index in [0.717, 1.165) is 63.2 Å². The fraction of sp³-hybridized carbons (Fsp3) is 0.480. The van der Waals surface area contributed by atoms with Crippen LogP contribution in [0.3, 0.4) is 0 Å². The van der Waals surface area contributed by atoms with Crippen molar-refractivity contribution in [2.45, 2.75) is 32.1 Å². The lowest BCUT2D eigenvalue weighted by Gasteiger charge is -2.40. The third-order valence-corrected chi connectivity index (χ3v) is 7.12. The number of nitrogens with zero attached hydrogens (tertiary/aromatic N) is 4. The summed E-state index contributed by atoms with van der Waals surface area (Å²) in [5, 5.41) is 0. The summed E-state index contributed by atoms with van der Waals surface area (Å²) in [6.45, 7) is 3.69. The van der Waals surface area contributed by atoms with E-state index in [1.54, 1.807) is 0 Å². The zero-order chi connectivity index (χ0) is 21.2. The minimum Gasteiger partial charge on any atom is -0.353 e. The van der Waals surface area contributed by atoms with E-state index in [9.17, 15) is 9.59 Å². The highest BCUT2D eigenvalue weighted by molar-refractivity contribution is 5.99. The summed E-state index contributed by atoms with van der Waals surface area (Å²) in [4.78, 5) is 37.6. The van der Waals surface area contributed by atoms with Gasteiger partial charge in [-0.2, -0.15) is 0 Å². The Kier molecular flexibility index (Phi) is 5.62. The molecule has 1 aliphatic carbocycles. The number of benzene rings is 1. The van der Waals surface area contributed by atoms with E-state index in [1.807, 2.05) is 52.4 Å². The largest absolute Gasteiger partial charge is 0.353 e. The predicted molar refractivity (Wildman–Crippen MR) is 121 cm³/mol. The molecule has 3 heterocycles. The molecule has 3 aliphatic rings. The molecule has 2 fully saturated rings. The van der Waals surface area contributed by atoms with Gasteiger partial charge in [0.15, 0.2) is 0 Å². The lowest BCUT2D eigenvalue weighted by atomic mass is 9.77. The maximum Gasteiger partial charge on any atom is 0.230 e. The quantitative estimate of drug-likeness (QED) is 0.769. The number of rotatable bonds is 3. The van der Waals surface area contributed by atoms with Gasteiger partial charge in [0.1, 0.15) is 5.82 Å². The average Bonchev–Trinajstić information content (AvgIpc) is 3.28. The van der Waals surface area contributed by atoms with Crippen molar-refractivity contribution in [3.63, 3.8) is 0 Å². The van der Waals surface area contributed by atoms with Crippen molar-refractivity contribution in [1.82, 2.24) is 9.88 Å². The predicted octanol–water partition coefficient (Wildman–Crippen LogP) is 3.13. The highest BCUT2D eigenvalue weighted by Crippen LogP contribution is 2.36. The van der Waals surface area contributed by atoms with Crippen molar-refractivity contribution in [3.8, 4) is 0 Å². The lowest BCUT2D eigenvalue weighted by Crippen LogP contribution is -2.53. The number of pyridine rings is 1. The number of hydrogen-bond acceptors (Lipinski definition) is 4. The van der Waals surface area contributed by atoms with Crippen molar-refractivity contribution < 1.29 is 9.59 Å². The molecule has 1 aromatic carbocycles. The molecule has 5 rings (SSSR count). The van der Waals surface area contributed by atoms with E-state index < -0.39 is 0 Å². The second-order valence-corrected chi connectivity index (χ2v) is 8.87. The number of carbonyl (C=O) groups excluding carboxylic acids is 2. The van der Waals surface area contributed by atoms with Crippen LogP contribution in [0, 0.1) is 11.8 Å². The number of fused-ring (bicyclic) bond motifs is 1. The molecule has 2 unspecified atom stereocenters. The van der Waals surface area contributed by atoms with Gasteiger partial charge in [-0.3, -0.25) is 9.59 Å². The van der Waals surface area contributed by atoms with Gasteiger partial charge in [0.05, 0.1) is 5.92 Å². The first-order chi connectivity index (χ1) is 15.2. The Hall–Kier alpha value is -2.89. The molecule has 162 valence electrons. The van der Waals surface area contributed by atoms with Crippen molar-refractivity contribution in [2.75, 3.05) is 42.5 Å². The smallest absolute Gasteiger partial charge is 0.230 e. The van der Waals surface area contributed by atoms with Crippen LogP contribution in [0.2, 0.25) is 0 Å². The van der Waals surface area contributed by atoms with Crippen molar-refractivity contribution >= 4 is 23.3 Å². The summed E-state index contributed by atoms with van der Waals surface area (Å²) in [6, 6.07) is 14.1. The van der Waals surface area contributed by atoms with Crippen molar-refractivity contribution in [3.05, 3.63) is 54.2 Å². The average molecular weight is 419 g/mol. The SMILES string of the molecule is O=C(C1CCCCC1C(=O)N1CCc2ccccc21)N1CCN(c2ccccn2)CC1. The van der Waals surface area contributed by atoms with Crippen LogP contribution in [-0.4, -0.2) is 54.4 Å². The summed E-state index contributed by atoms with van der Waals surface area (Å²) in [5.74, 6) is 0.908. The molecular weight excluding hydrogens is 388 g/mol. The molecule has 0 N–H and O–H groups in total. The maximum absolute atomic E-state index is 13.5. The number of carbonyl (C=O) groups is 2. The molecular formula is C25H30N4O2. The monoisotopic (exact) mass is 418 g/mol. The van der Waals surface area contributed by atoms with Crippen molar-refractivity contribution in [2.24, 2.45) is 11.8 Å². The Bertz CT molecular complexity index is 940. The molecule has 1 saturated heterocycles. The molecule has 6 heteroatoms. The molecule has 0 bridgehead atoms. The molecule has 0 radical (unpaired) electrons. The topological polar surface area (TPSA) is 56.8 Å². The van der Waals surface area contributed by atoms with Gasteiger partial charge in [-0.05, 0) is 43.0 Å². The highest BCUT2D eigenvalue weighted by atomic mass is 16.2. The van der Waals surface area contributed by atoms with E-state index in [0.29, 0.717) is 13.1 Å². The maximum atomic E-state index is 13.5. The van der Waals surface area contributed by atoms with Crippen LogP contribution in [0.4, 0.5) is 11.5 Å². The number of aromatic nitrogens is 1. The fourth-order valence-corrected chi connectivity index (χ4v) is 5.42. The lowest BCUT2D eigenvalue weighted by molar-refractivity contribution is -0.143. The Morgan fingerprint density at radius 1 is 0.806 bits per heavy atom. The van der Waals surface area contributed by atoms with Crippen LogP contribution < -0.4 is 9.80 Å². The molecule has 1 saturated carbocycles. The summed E-state index contributed by atoms with van der Waals surface area (Å²) in [6.07, 6.45) is 6.42. The normalized spacial score (nSPS) is 23.5. The van der Waals surface area contributed by atoms with E-state index in [4.69, 9.17) is 0 Å².